The summed E-state index contributed by atoms with van der Waals surface area (Å²) in [6.45, 7) is 2.41. The standard InChI is InChI=1S/C18H22ClN5O5/c1-4-5-6-7-29-17-14(24(26)27)8-12(9-15(17)28-3)10-20-22-13-11-21-23(2)18(25)16(13)19/h8-11,22H,4-7H2,1-3H3/b20-10-. The summed E-state index contributed by atoms with van der Waals surface area (Å²) < 4.78 is 11.9. The molecule has 0 saturated carbocycles. The van der Waals surface area contributed by atoms with E-state index in [1.165, 1.54) is 32.6 Å². The smallest absolute Gasteiger partial charge is 0.315 e. The van der Waals surface area contributed by atoms with Crippen LogP contribution in [0.1, 0.15) is 31.7 Å². The van der Waals surface area contributed by atoms with Crippen molar-refractivity contribution in [1.82, 2.24) is 9.78 Å². The van der Waals surface area contributed by atoms with Crippen LogP contribution in [0, 0.1) is 10.1 Å². The normalized spacial score (nSPS) is 10.9. The molecule has 1 aromatic carbocycles. The Balaban J connectivity index is 2.25. The highest BCUT2D eigenvalue weighted by Gasteiger charge is 2.22. The lowest BCUT2D eigenvalue weighted by atomic mass is 10.2. The quantitative estimate of drug-likeness (QED) is 0.269. The number of nitro benzene ring substituents is 1. The number of anilines is 1. The van der Waals surface area contributed by atoms with Gasteiger partial charge in [-0.3, -0.25) is 20.3 Å². The van der Waals surface area contributed by atoms with Crippen LogP contribution in [0.15, 0.2) is 28.2 Å². The first-order chi connectivity index (χ1) is 13.9. The van der Waals surface area contributed by atoms with Crippen molar-refractivity contribution in [1.29, 1.82) is 0 Å². The molecule has 0 radical (unpaired) electrons. The molecule has 1 heterocycles. The van der Waals surface area contributed by atoms with E-state index in [2.05, 4.69) is 22.5 Å². The fraction of sp³-hybridized carbons (Fsp3) is 0.389. The molecule has 0 aliphatic carbocycles. The number of hydrogen-bond donors (Lipinski definition) is 1. The number of methoxy groups -OCH3 is 1. The molecular formula is C18H22ClN5O5. The second kappa shape index (κ2) is 10.4. The number of rotatable bonds is 10. The Morgan fingerprint density at radius 2 is 2.17 bits per heavy atom. The maximum atomic E-state index is 11.8. The van der Waals surface area contributed by atoms with E-state index in [1.807, 2.05) is 0 Å². The molecule has 10 nitrogen and oxygen atoms in total. The van der Waals surface area contributed by atoms with Crippen molar-refractivity contribution in [2.75, 3.05) is 19.1 Å². The summed E-state index contributed by atoms with van der Waals surface area (Å²) in [6.07, 6.45) is 5.45. The van der Waals surface area contributed by atoms with Gasteiger partial charge in [0.1, 0.15) is 10.7 Å². The second-order valence-electron chi connectivity index (χ2n) is 6.06. The molecule has 1 N–H and O–H groups in total. The van der Waals surface area contributed by atoms with Gasteiger partial charge in [0.05, 0.1) is 31.1 Å². The van der Waals surface area contributed by atoms with Gasteiger partial charge in [-0.1, -0.05) is 31.4 Å². The minimum absolute atomic E-state index is 0.0703. The summed E-state index contributed by atoms with van der Waals surface area (Å²) in [6, 6.07) is 2.89. The van der Waals surface area contributed by atoms with Crippen molar-refractivity contribution in [2.24, 2.45) is 12.1 Å². The maximum absolute atomic E-state index is 11.8. The maximum Gasteiger partial charge on any atom is 0.315 e. The van der Waals surface area contributed by atoms with Gasteiger partial charge in [0, 0.05) is 18.7 Å². The lowest BCUT2D eigenvalue weighted by Gasteiger charge is -2.11. The first kappa shape index (κ1) is 22.2. The Morgan fingerprint density at radius 3 is 2.83 bits per heavy atom. The van der Waals surface area contributed by atoms with Crippen molar-refractivity contribution in [3.05, 3.63) is 49.4 Å². The Hall–Kier alpha value is -3.14. The van der Waals surface area contributed by atoms with Crippen molar-refractivity contribution in [3.63, 3.8) is 0 Å². The molecule has 0 aliphatic heterocycles. The van der Waals surface area contributed by atoms with Gasteiger partial charge in [-0.05, 0) is 12.5 Å². The third kappa shape index (κ3) is 5.67. The monoisotopic (exact) mass is 423 g/mol. The molecule has 2 rings (SSSR count). The molecule has 0 fully saturated rings. The third-order valence-corrected chi connectivity index (χ3v) is 4.31. The zero-order chi connectivity index (χ0) is 21.4. The van der Waals surface area contributed by atoms with E-state index >= 15 is 0 Å². The van der Waals surface area contributed by atoms with E-state index < -0.39 is 10.5 Å². The van der Waals surface area contributed by atoms with Crippen LogP contribution in [-0.2, 0) is 7.05 Å². The number of nitro groups is 1. The van der Waals surface area contributed by atoms with E-state index in [4.69, 9.17) is 21.1 Å². The third-order valence-electron chi connectivity index (χ3n) is 3.95. The molecule has 2 aromatic rings. The summed E-state index contributed by atoms with van der Waals surface area (Å²) in [4.78, 5) is 22.7. The predicted molar refractivity (Wildman–Crippen MR) is 110 cm³/mol. The van der Waals surface area contributed by atoms with Gasteiger partial charge in [-0.15, -0.1) is 0 Å². The Kier molecular flexibility index (Phi) is 7.96. The van der Waals surface area contributed by atoms with Gasteiger partial charge >= 0.3 is 5.69 Å². The van der Waals surface area contributed by atoms with Gasteiger partial charge in [-0.2, -0.15) is 10.2 Å². The molecule has 0 saturated heterocycles. The Bertz CT molecular complexity index is 960. The lowest BCUT2D eigenvalue weighted by molar-refractivity contribution is -0.386. The number of aryl methyl sites for hydroxylation is 1. The number of ether oxygens (including phenoxy) is 2. The summed E-state index contributed by atoms with van der Waals surface area (Å²) >= 11 is 5.95. The minimum atomic E-state index is -0.538. The van der Waals surface area contributed by atoms with Crippen LogP contribution in [0.25, 0.3) is 0 Å². The van der Waals surface area contributed by atoms with Gasteiger partial charge in [0.25, 0.3) is 5.56 Å². The average Bonchev–Trinajstić information content (AvgIpc) is 2.71. The van der Waals surface area contributed by atoms with Crippen molar-refractivity contribution >= 4 is 29.2 Å². The highest BCUT2D eigenvalue weighted by Crippen LogP contribution is 2.38. The predicted octanol–water partition coefficient (Wildman–Crippen LogP) is 3.37. The Labute approximate surface area is 172 Å². The first-order valence-electron chi connectivity index (χ1n) is 8.89. The molecule has 0 bridgehead atoms. The number of aromatic nitrogens is 2. The summed E-state index contributed by atoms with van der Waals surface area (Å²) in [5.41, 5.74) is 2.50. The second-order valence-corrected chi connectivity index (χ2v) is 6.43. The molecule has 0 spiro atoms. The van der Waals surface area contributed by atoms with Crippen molar-refractivity contribution in [3.8, 4) is 11.5 Å². The van der Waals surface area contributed by atoms with Gasteiger partial charge in [0.15, 0.2) is 5.75 Å². The van der Waals surface area contributed by atoms with E-state index in [1.54, 1.807) is 6.07 Å². The van der Waals surface area contributed by atoms with Crippen LogP contribution in [-0.4, -0.2) is 34.6 Å². The molecule has 1 aromatic heterocycles. The van der Waals surface area contributed by atoms with Crippen LogP contribution in [0.4, 0.5) is 11.4 Å². The number of nitrogens with one attached hydrogen (secondary N) is 1. The fourth-order valence-corrected chi connectivity index (χ4v) is 2.62. The van der Waals surface area contributed by atoms with Crippen LogP contribution < -0.4 is 20.5 Å². The number of hydrazone groups is 1. The average molecular weight is 424 g/mol. The van der Waals surface area contributed by atoms with Crippen molar-refractivity contribution in [2.45, 2.75) is 26.2 Å². The molecule has 156 valence electrons. The zero-order valence-electron chi connectivity index (χ0n) is 16.3. The van der Waals surface area contributed by atoms with E-state index in [0.717, 1.165) is 23.9 Å². The van der Waals surface area contributed by atoms with Crippen LogP contribution in [0.5, 0.6) is 11.5 Å². The van der Waals surface area contributed by atoms with Crippen LogP contribution in [0.2, 0.25) is 5.02 Å². The minimum Gasteiger partial charge on any atom is -0.493 e. The number of nitrogens with zero attached hydrogens (tertiary/aromatic N) is 4. The largest absolute Gasteiger partial charge is 0.493 e. The number of hydrogen-bond acceptors (Lipinski definition) is 8. The van der Waals surface area contributed by atoms with E-state index in [-0.39, 0.29) is 27.9 Å². The zero-order valence-corrected chi connectivity index (χ0v) is 17.1. The Morgan fingerprint density at radius 1 is 1.41 bits per heavy atom. The first-order valence-corrected chi connectivity index (χ1v) is 9.26. The molecule has 0 aliphatic rings. The molecule has 0 unspecified atom stereocenters. The molecule has 29 heavy (non-hydrogen) atoms. The van der Waals surface area contributed by atoms with Gasteiger partial charge < -0.3 is 9.47 Å². The highest BCUT2D eigenvalue weighted by atomic mass is 35.5. The SMILES string of the molecule is CCCCCOc1c(OC)cc(/C=N\Nc2cnn(C)c(=O)c2Cl)cc1[N+](=O)[O-]. The van der Waals surface area contributed by atoms with Crippen LogP contribution >= 0.6 is 11.6 Å². The lowest BCUT2D eigenvalue weighted by Crippen LogP contribution is -2.20. The van der Waals surface area contributed by atoms with E-state index in [9.17, 15) is 14.9 Å². The molecule has 11 heteroatoms. The number of benzene rings is 1. The topological polar surface area (TPSA) is 121 Å². The van der Waals surface area contributed by atoms with Gasteiger partial charge in [-0.25, -0.2) is 4.68 Å². The van der Waals surface area contributed by atoms with Crippen molar-refractivity contribution < 1.29 is 14.4 Å². The highest BCUT2D eigenvalue weighted by molar-refractivity contribution is 6.32. The molecule has 0 amide bonds. The number of halogens is 1. The fourth-order valence-electron chi connectivity index (χ4n) is 2.41. The number of unbranched alkanes of at least 4 members (excludes halogenated alkanes) is 2. The van der Waals surface area contributed by atoms with E-state index in [0.29, 0.717) is 12.2 Å². The van der Waals surface area contributed by atoms with Gasteiger partial charge in [0.2, 0.25) is 5.75 Å². The van der Waals surface area contributed by atoms with Crippen LogP contribution in [0.3, 0.4) is 0 Å². The molecule has 0 atom stereocenters. The summed E-state index contributed by atoms with van der Waals surface area (Å²) in [7, 11) is 2.88. The molecular weight excluding hydrogens is 402 g/mol. The summed E-state index contributed by atoms with van der Waals surface area (Å²) in [5, 5.41) is 19.2. The summed E-state index contributed by atoms with van der Waals surface area (Å²) in [5.74, 6) is 0.308.